The molecular weight excluding hydrogens is 364 g/mol. The second-order valence-corrected chi connectivity index (χ2v) is 7.30. The van der Waals surface area contributed by atoms with Gasteiger partial charge < -0.3 is 29.7 Å². The summed E-state index contributed by atoms with van der Waals surface area (Å²) in [4.78, 5) is 14.7. The zero-order valence-corrected chi connectivity index (χ0v) is 16.4. The molecule has 0 radical (unpaired) electrons. The zero-order chi connectivity index (χ0) is 20.1. The van der Waals surface area contributed by atoms with E-state index in [9.17, 15) is 15.0 Å². The third kappa shape index (κ3) is 4.47. The number of amides is 1. The number of nitrogens with one attached hydrogen (secondary N) is 1. The van der Waals surface area contributed by atoms with Gasteiger partial charge in [0.1, 0.15) is 18.0 Å². The lowest BCUT2D eigenvalue weighted by Gasteiger charge is -2.34. The lowest BCUT2D eigenvalue weighted by atomic mass is 10.0. The number of carbonyl (C=O) groups excluding carboxylic acids is 1. The van der Waals surface area contributed by atoms with Crippen molar-refractivity contribution < 1.29 is 29.2 Å². The minimum absolute atomic E-state index is 0.200. The number of ether oxygens (including phenoxy) is 3. The van der Waals surface area contributed by atoms with Gasteiger partial charge in [0.2, 0.25) is 0 Å². The van der Waals surface area contributed by atoms with E-state index in [-0.39, 0.29) is 31.1 Å². The fourth-order valence-electron chi connectivity index (χ4n) is 4.21. The molecule has 5 atom stereocenters. The van der Waals surface area contributed by atoms with Crippen LogP contribution in [0.3, 0.4) is 0 Å². The maximum Gasteiger partial charge on any atom is 0.251 e. The molecule has 1 aromatic carbocycles. The molecule has 2 heterocycles. The van der Waals surface area contributed by atoms with Gasteiger partial charge in [-0.05, 0) is 43.7 Å². The maximum absolute atomic E-state index is 12.5. The van der Waals surface area contributed by atoms with Crippen LogP contribution < -0.4 is 10.1 Å². The van der Waals surface area contributed by atoms with Gasteiger partial charge in [-0.1, -0.05) is 0 Å². The van der Waals surface area contributed by atoms with Gasteiger partial charge in [-0.15, -0.1) is 0 Å². The normalized spacial score (nSPS) is 30.5. The van der Waals surface area contributed by atoms with Crippen molar-refractivity contribution in [3.05, 3.63) is 29.8 Å². The second kappa shape index (κ2) is 9.67. The Morgan fingerprint density at radius 3 is 2.68 bits per heavy atom. The summed E-state index contributed by atoms with van der Waals surface area (Å²) in [6.45, 7) is 1.40. The maximum atomic E-state index is 12.5. The van der Waals surface area contributed by atoms with Crippen molar-refractivity contribution >= 4 is 5.91 Å². The Morgan fingerprint density at radius 2 is 2.04 bits per heavy atom. The Bertz CT molecular complexity index is 640. The van der Waals surface area contributed by atoms with Crippen LogP contribution in [0.5, 0.6) is 5.75 Å². The van der Waals surface area contributed by atoms with Crippen LogP contribution in [0, 0.1) is 0 Å². The van der Waals surface area contributed by atoms with Crippen molar-refractivity contribution in [2.24, 2.45) is 0 Å². The van der Waals surface area contributed by atoms with E-state index in [0.29, 0.717) is 17.9 Å². The van der Waals surface area contributed by atoms with E-state index in [4.69, 9.17) is 14.2 Å². The quantitative estimate of drug-likeness (QED) is 0.572. The summed E-state index contributed by atoms with van der Waals surface area (Å²) < 4.78 is 16.3. The number of aliphatic hydroxyl groups is 2. The van der Waals surface area contributed by atoms with Gasteiger partial charge in [-0.3, -0.25) is 9.69 Å². The first-order valence-electron chi connectivity index (χ1n) is 9.70. The highest BCUT2D eigenvalue weighted by molar-refractivity contribution is 5.94. The summed E-state index contributed by atoms with van der Waals surface area (Å²) in [5, 5.41) is 23.2. The summed E-state index contributed by atoms with van der Waals surface area (Å²) in [5.41, 5.74) is 0.521. The van der Waals surface area contributed by atoms with Gasteiger partial charge in [-0.2, -0.15) is 0 Å². The molecule has 3 N–H and O–H groups in total. The number of benzene rings is 1. The monoisotopic (exact) mass is 394 g/mol. The van der Waals surface area contributed by atoms with Gasteiger partial charge in [0.15, 0.2) is 0 Å². The van der Waals surface area contributed by atoms with Crippen molar-refractivity contribution in [3.63, 3.8) is 0 Å². The van der Waals surface area contributed by atoms with E-state index in [1.54, 1.807) is 38.5 Å². The highest BCUT2D eigenvalue weighted by atomic mass is 16.5. The fourth-order valence-corrected chi connectivity index (χ4v) is 4.21. The van der Waals surface area contributed by atoms with Crippen molar-refractivity contribution in [2.45, 2.75) is 43.2 Å². The Morgan fingerprint density at radius 1 is 1.29 bits per heavy atom. The first kappa shape index (κ1) is 21.0. The van der Waals surface area contributed by atoms with Crippen LogP contribution >= 0.6 is 0 Å². The van der Waals surface area contributed by atoms with Crippen LogP contribution in [0.25, 0.3) is 0 Å². The lowest BCUT2D eigenvalue weighted by molar-refractivity contribution is -0.0209. The van der Waals surface area contributed by atoms with Crippen molar-refractivity contribution in [1.29, 1.82) is 0 Å². The number of likely N-dealkylation sites (tertiary alicyclic amines) is 1. The van der Waals surface area contributed by atoms with Crippen molar-refractivity contribution in [1.82, 2.24) is 10.2 Å². The molecule has 0 unspecified atom stereocenters. The molecule has 2 aliphatic heterocycles. The summed E-state index contributed by atoms with van der Waals surface area (Å²) in [6.07, 6.45) is 0.131. The minimum Gasteiger partial charge on any atom is -0.497 e. The number of hydrogen-bond donors (Lipinski definition) is 3. The van der Waals surface area contributed by atoms with Gasteiger partial charge >= 0.3 is 0 Å². The minimum atomic E-state index is -0.814. The molecule has 8 nitrogen and oxygen atoms in total. The number of rotatable bonds is 8. The predicted octanol–water partition coefficient (Wildman–Crippen LogP) is 0.0250. The molecule has 8 heteroatoms. The molecular formula is C20H30N2O6. The molecule has 0 aliphatic carbocycles. The van der Waals surface area contributed by atoms with Gasteiger partial charge in [0, 0.05) is 25.3 Å². The molecule has 0 saturated carbocycles. The summed E-state index contributed by atoms with van der Waals surface area (Å²) >= 11 is 0. The summed E-state index contributed by atoms with van der Waals surface area (Å²) in [7, 11) is 3.24. The van der Waals surface area contributed by atoms with E-state index >= 15 is 0 Å². The smallest absolute Gasteiger partial charge is 0.251 e. The third-order valence-electron chi connectivity index (χ3n) is 5.62. The molecule has 2 saturated heterocycles. The van der Waals surface area contributed by atoms with Crippen LogP contribution in [0.4, 0.5) is 0 Å². The summed E-state index contributed by atoms with van der Waals surface area (Å²) in [5.74, 6) is 0.463. The second-order valence-electron chi connectivity index (χ2n) is 7.30. The standard InChI is InChI=1S/C20H30N2O6/c1-26-12-14-4-3-9-22(14)18-16(28-17(11-23)19(18)24)10-21-20(25)13-5-7-15(27-2)8-6-13/h5-8,14,16-19,23-24H,3-4,9-12H2,1-2H3,(H,21,25)/t14-,16+,17-,18+,19+/m0/s1. The molecule has 2 fully saturated rings. The first-order valence-corrected chi connectivity index (χ1v) is 9.70. The molecule has 28 heavy (non-hydrogen) atoms. The predicted molar refractivity (Wildman–Crippen MR) is 102 cm³/mol. The lowest BCUT2D eigenvalue weighted by Crippen LogP contribution is -2.53. The van der Waals surface area contributed by atoms with E-state index < -0.39 is 18.3 Å². The number of carbonyl (C=O) groups is 1. The number of aliphatic hydroxyl groups excluding tert-OH is 2. The molecule has 0 aromatic heterocycles. The first-order chi connectivity index (χ1) is 13.6. The Balaban J connectivity index is 1.66. The molecule has 156 valence electrons. The molecule has 1 aromatic rings. The van der Waals surface area contributed by atoms with Gasteiger partial charge in [-0.25, -0.2) is 0 Å². The van der Waals surface area contributed by atoms with Gasteiger partial charge in [0.05, 0.1) is 32.5 Å². The average Bonchev–Trinajstić information content (AvgIpc) is 3.29. The number of methoxy groups -OCH3 is 2. The topological polar surface area (TPSA) is 100 Å². The fraction of sp³-hybridized carbons (Fsp3) is 0.650. The Labute approximate surface area is 165 Å². The summed E-state index contributed by atoms with van der Waals surface area (Å²) in [6, 6.07) is 6.76. The van der Waals surface area contributed by atoms with Crippen LogP contribution in [0.2, 0.25) is 0 Å². The van der Waals surface area contributed by atoms with E-state index in [0.717, 1.165) is 19.4 Å². The van der Waals surface area contributed by atoms with Crippen molar-refractivity contribution in [3.8, 4) is 5.75 Å². The van der Waals surface area contributed by atoms with Crippen LogP contribution in [0.15, 0.2) is 24.3 Å². The van der Waals surface area contributed by atoms with E-state index in [2.05, 4.69) is 10.2 Å². The third-order valence-corrected chi connectivity index (χ3v) is 5.62. The zero-order valence-electron chi connectivity index (χ0n) is 16.4. The molecule has 2 aliphatic rings. The Hall–Kier alpha value is -1.71. The molecule has 0 bridgehead atoms. The highest BCUT2D eigenvalue weighted by Crippen LogP contribution is 2.31. The highest BCUT2D eigenvalue weighted by Gasteiger charge is 2.48. The molecule has 3 rings (SSSR count). The SMILES string of the molecule is COC[C@@H]1CCCN1[C@H]1[C@H](O)[C@H](CO)O[C@@H]1CNC(=O)c1ccc(OC)cc1. The molecule has 1 amide bonds. The molecule has 0 spiro atoms. The largest absolute Gasteiger partial charge is 0.497 e. The van der Waals surface area contributed by atoms with Crippen LogP contribution in [-0.2, 0) is 9.47 Å². The van der Waals surface area contributed by atoms with Crippen LogP contribution in [0.1, 0.15) is 23.2 Å². The number of nitrogens with zero attached hydrogens (tertiary/aromatic N) is 1. The van der Waals surface area contributed by atoms with Crippen molar-refractivity contribution in [2.75, 3.05) is 40.5 Å². The average molecular weight is 394 g/mol. The Kier molecular flexibility index (Phi) is 7.25. The number of hydrogen-bond acceptors (Lipinski definition) is 7. The van der Waals surface area contributed by atoms with E-state index in [1.807, 2.05) is 0 Å². The van der Waals surface area contributed by atoms with Gasteiger partial charge in [0.25, 0.3) is 5.91 Å². The van der Waals surface area contributed by atoms with Crippen LogP contribution in [-0.4, -0.2) is 91.9 Å². The van der Waals surface area contributed by atoms with E-state index in [1.165, 1.54) is 0 Å².